The minimum Gasteiger partial charge on any atom is -0.388 e. The Morgan fingerprint density at radius 1 is 1.56 bits per heavy atom. The number of aliphatic hydroxyl groups is 1. The van der Waals surface area contributed by atoms with Crippen molar-refractivity contribution >= 4 is 5.91 Å². The molecule has 0 bridgehead atoms. The van der Waals surface area contributed by atoms with E-state index in [0.29, 0.717) is 25.4 Å². The van der Waals surface area contributed by atoms with Crippen LogP contribution in [0.15, 0.2) is 12.7 Å². The lowest BCUT2D eigenvalue weighted by atomic mass is 9.94. The molecule has 0 saturated heterocycles. The Morgan fingerprint density at radius 3 is 2.69 bits per heavy atom. The number of rotatable bonds is 8. The Kier molecular flexibility index (Phi) is 7.01. The highest BCUT2D eigenvalue weighted by molar-refractivity contribution is 5.78. The molecular weight excluding hydrogens is 204 g/mol. The molecule has 4 nitrogen and oxygen atoms in total. The molecule has 0 rings (SSSR count). The predicted octanol–water partition coefficient (Wildman–Crippen LogP) is 0.675. The number of hydrogen-bond donors (Lipinski definition) is 3. The summed E-state index contributed by atoms with van der Waals surface area (Å²) in [4.78, 5) is 11.3. The van der Waals surface area contributed by atoms with Crippen molar-refractivity contribution in [2.45, 2.75) is 32.8 Å². The van der Waals surface area contributed by atoms with E-state index in [9.17, 15) is 9.90 Å². The van der Waals surface area contributed by atoms with Crippen LogP contribution in [0.2, 0.25) is 0 Å². The van der Waals surface area contributed by atoms with Gasteiger partial charge in [-0.3, -0.25) is 4.79 Å². The van der Waals surface area contributed by atoms with Crippen LogP contribution in [0.4, 0.5) is 0 Å². The summed E-state index contributed by atoms with van der Waals surface area (Å²) in [6.45, 7) is 10.5. The molecule has 4 heteroatoms. The van der Waals surface area contributed by atoms with Crippen molar-refractivity contribution in [3.63, 3.8) is 0 Å². The smallest absolute Gasteiger partial charge is 0.234 e. The summed E-state index contributed by atoms with van der Waals surface area (Å²) < 4.78 is 0. The molecule has 0 aliphatic heterocycles. The quantitative estimate of drug-likeness (QED) is 0.423. The second-order valence-corrected chi connectivity index (χ2v) is 4.79. The molecule has 0 heterocycles. The van der Waals surface area contributed by atoms with E-state index >= 15 is 0 Å². The van der Waals surface area contributed by atoms with Crippen molar-refractivity contribution in [1.82, 2.24) is 10.6 Å². The van der Waals surface area contributed by atoms with Gasteiger partial charge in [0.25, 0.3) is 0 Å². The van der Waals surface area contributed by atoms with Crippen molar-refractivity contribution in [1.29, 1.82) is 0 Å². The van der Waals surface area contributed by atoms with Gasteiger partial charge in [-0.15, -0.1) is 6.58 Å². The SMILES string of the molecule is C=CCNCC(=O)NCC(C)(O)CC(C)C. The van der Waals surface area contributed by atoms with Crippen LogP contribution in [0.5, 0.6) is 0 Å². The van der Waals surface area contributed by atoms with Crippen molar-refractivity contribution in [3.05, 3.63) is 12.7 Å². The number of hydrogen-bond acceptors (Lipinski definition) is 3. The van der Waals surface area contributed by atoms with Crippen LogP contribution in [0.1, 0.15) is 27.2 Å². The lowest BCUT2D eigenvalue weighted by Crippen LogP contribution is -2.44. The third-order valence-electron chi connectivity index (χ3n) is 2.09. The van der Waals surface area contributed by atoms with Crippen molar-refractivity contribution < 1.29 is 9.90 Å². The van der Waals surface area contributed by atoms with Crippen LogP contribution in [-0.2, 0) is 4.79 Å². The van der Waals surface area contributed by atoms with Crippen molar-refractivity contribution in [3.8, 4) is 0 Å². The van der Waals surface area contributed by atoms with Gasteiger partial charge >= 0.3 is 0 Å². The highest BCUT2D eigenvalue weighted by atomic mass is 16.3. The molecule has 0 aliphatic rings. The van der Waals surface area contributed by atoms with Crippen LogP contribution in [0.3, 0.4) is 0 Å². The minimum atomic E-state index is -0.831. The molecular formula is C12H24N2O2. The largest absolute Gasteiger partial charge is 0.388 e. The molecule has 0 saturated carbocycles. The van der Waals surface area contributed by atoms with E-state index in [4.69, 9.17) is 0 Å². The minimum absolute atomic E-state index is 0.106. The van der Waals surface area contributed by atoms with E-state index in [1.807, 2.05) is 13.8 Å². The van der Waals surface area contributed by atoms with Gasteiger partial charge in [0.1, 0.15) is 0 Å². The maximum Gasteiger partial charge on any atom is 0.234 e. The molecule has 1 atom stereocenters. The fourth-order valence-corrected chi connectivity index (χ4v) is 1.59. The zero-order valence-corrected chi connectivity index (χ0v) is 10.5. The van der Waals surface area contributed by atoms with Gasteiger partial charge in [0.15, 0.2) is 0 Å². The Bertz CT molecular complexity index is 225. The molecule has 0 aliphatic carbocycles. The Morgan fingerprint density at radius 2 is 2.19 bits per heavy atom. The third-order valence-corrected chi connectivity index (χ3v) is 2.09. The molecule has 0 aromatic carbocycles. The third kappa shape index (κ3) is 8.44. The average Bonchev–Trinajstić information content (AvgIpc) is 2.13. The first kappa shape index (κ1) is 15.1. The highest BCUT2D eigenvalue weighted by Gasteiger charge is 2.22. The lowest BCUT2D eigenvalue weighted by Gasteiger charge is -2.25. The molecule has 0 aromatic heterocycles. The van der Waals surface area contributed by atoms with Crippen LogP contribution in [0.25, 0.3) is 0 Å². The second kappa shape index (κ2) is 7.41. The standard InChI is InChI=1S/C12H24N2O2/c1-5-6-13-8-11(15)14-9-12(4,16)7-10(2)3/h5,10,13,16H,1,6-9H2,2-4H3,(H,14,15). The molecule has 0 spiro atoms. The zero-order chi connectivity index (χ0) is 12.6. The van der Waals surface area contributed by atoms with Crippen LogP contribution in [0, 0.1) is 5.92 Å². The first-order valence-corrected chi connectivity index (χ1v) is 5.68. The Labute approximate surface area is 98.1 Å². The van der Waals surface area contributed by atoms with Gasteiger partial charge in [-0.25, -0.2) is 0 Å². The molecule has 94 valence electrons. The van der Waals surface area contributed by atoms with E-state index < -0.39 is 5.60 Å². The van der Waals surface area contributed by atoms with E-state index in [2.05, 4.69) is 17.2 Å². The van der Waals surface area contributed by atoms with Crippen LogP contribution >= 0.6 is 0 Å². The summed E-state index contributed by atoms with van der Waals surface area (Å²) in [5, 5.41) is 15.6. The predicted molar refractivity (Wildman–Crippen MR) is 66.2 cm³/mol. The highest BCUT2D eigenvalue weighted by Crippen LogP contribution is 2.14. The van der Waals surface area contributed by atoms with Gasteiger partial charge < -0.3 is 15.7 Å². The number of nitrogens with one attached hydrogen (secondary N) is 2. The summed E-state index contributed by atoms with van der Waals surface area (Å²) >= 11 is 0. The van der Waals surface area contributed by atoms with Gasteiger partial charge in [-0.2, -0.15) is 0 Å². The summed E-state index contributed by atoms with van der Waals surface area (Å²) in [6.07, 6.45) is 2.37. The van der Waals surface area contributed by atoms with Crippen molar-refractivity contribution in [2.24, 2.45) is 5.92 Å². The maximum atomic E-state index is 11.3. The summed E-state index contributed by atoms with van der Waals surface area (Å²) in [7, 11) is 0. The monoisotopic (exact) mass is 228 g/mol. The van der Waals surface area contributed by atoms with E-state index in [-0.39, 0.29) is 12.5 Å². The molecule has 1 unspecified atom stereocenters. The van der Waals surface area contributed by atoms with Gasteiger partial charge in [0.05, 0.1) is 12.1 Å². The van der Waals surface area contributed by atoms with E-state index in [1.165, 1.54) is 0 Å². The van der Waals surface area contributed by atoms with Gasteiger partial charge in [0.2, 0.25) is 5.91 Å². The molecule has 0 radical (unpaired) electrons. The topological polar surface area (TPSA) is 61.4 Å². The van der Waals surface area contributed by atoms with Crippen molar-refractivity contribution in [2.75, 3.05) is 19.6 Å². The molecule has 3 N–H and O–H groups in total. The maximum absolute atomic E-state index is 11.3. The van der Waals surface area contributed by atoms with E-state index in [0.717, 1.165) is 0 Å². The fraction of sp³-hybridized carbons (Fsp3) is 0.750. The number of carbonyl (C=O) groups is 1. The summed E-state index contributed by atoms with van der Waals surface area (Å²) in [5.74, 6) is 0.302. The van der Waals surface area contributed by atoms with Crippen LogP contribution in [-0.4, -0.2) is 36.2 Å². The first-order chi connectivity index (χ1) is 7.37. The average molecular weight is 228 g/mol. The fourth-order valence-electron chi connectivity index (χ4n) is 1.59. The number of carbonyl (C=O) groups excluding carboxylic acids is 1. The summed E-state index contributed by atoms with van der Waals surface area (Å²) in [6, 6.07) is 0. The molecule has 0 fully saturated rings. The zero-order valence-electron chi connectivity index (χ0n) is 10.5. The van der Waals surface area contributed by atoms with Gasteiger partial charge in [0, 0.05) is 13.1 Å². The van der Waals surface area contributed by atoms with Gasteiger partial charge in [-0.05, 0) is 19.3 Å². The normalized spacial score (nSPS) is 14.6. The Balaban J connectivity index is 3.76. The summed E-state index contributed by atoms with van der Waals surface area (Å²) in [5.41, 5.74) is -0.831. The molecule has 16 heavy (non-hydrogen) atoms. The van der Waals surface area contributed by atoms with E-state index in [1.54, 1.807) is 13.0 Å². The molecule has 1 amide bonds. The first-order valence-electron chi connectivity index (χ1n) is 5.68. The second-order valence-electron chi connectivity index (χ2n) is 4.79. The Hall–Kier alpha value is -0.870. The molecule has 0 aromatic rings. The number of amides is 1. The van der Waals surface area contributed by atoms with Crippen LogP contribution < -0.4 is 10.6 Å². The van der Waals surface area contributed by atoms with Gasteiger partial charge in [-0.1, -0.05) is 19.9 Å². The lowest BCUT2D eigenvalue weighted by molar-refractivity contribution is -0.121.